The van der Waals surface area contributed by atoms with Crippen LogP contribution in [0.3, 0.4) is 0 Å². The quantitative estimate of drug-likeness (QED) is 0.479. The third-order valence-electron chi connectivity index (χ3n) is 6.07. The number of carboxylic acids is 1. The second kappa shape index (κ2) is 10.4. The smallest absolute Gasteiger partial charge is 0.407 e. The molecule has 0 radical (unpaired) electrons. The average Bonchev–Trinajstić information content (AvgIpc) is 3.11. The molecule has 0 spiro atoms. The normalized spacial score (nSPS) is 14.0. The van der Waals surface area contributed by atoms with E-state index in [0.29, 0.717) is 0 Å². The Bertz CT molecular complexity index is 1060. The van der Waals surface area contributed by atoms with Crippen LogP contribution in [0.5, 0.6) is 0 Å². The predicted octanol–water partition coefficient (Wildman–Crippen LogP) is 4.46. The lowest BCUT2D eigenvalue weighted by atomic mass is 9.92. The van der Waals surface area contributed by atoms with Gasteiger partial charge in [0, 0.05) is 18.9 Å². The molecule has 0 aliphatic heterocycles. The van der Waals surface area contributed by atoms with Crippen molar-refractivity contribution in [1.82, 2.24) is 10.6 Å². The van der Waals surface area contributed by atoms with E-state index < -0.39 is 48.6 Å². The number of aliphatic carboxylic acids is 1. The lowest BCUT2D eigenvalue weighted by molar-refractivity contribution is -0.209. The third-order valence-corrected chi connectivity index (χ3v) is 6.07. The Hall–Kier alpha value is -3.56. The van der Waals surface area contributed by atoms with Crippen LogP contribution in [0, 0.1) is 5.41 Å². The van der Waals surface area contributed by atoms with Crippen molar-refractivity contribution in [3.63, 3.8) is 0 Å². The van der Waals surface area contributed by atoms with Gasteiger partial charge in [-0.3, -0.25) is 9.59 Å². The van der Waals surface area contributed by atoms with Gasteiger partial charge in [0.1, 0.15) is 12.6 Å². The summed E-state index contributed by atoms with van der Waals surface area (Å²) in [5, 5.41) is 13.4. The van der Waals surface area contributed by atoms with Crippen molar-refractivity contribution in [1.29, 1.82) is 0 Å². The number of carbonyl (C=O) groups excluding carboxylic acids is 2. The van der Waals surface area contributed by atoms with Crippen molar-refractivity contribution in [3.05, 3.63) is 59.7 Å². The molecule has 1 unspecified atom stereocenters. The van der Waals surface area contributed by atoms with Crippen LogP contribution < -0.4 is 10.6 Å². The monoisotopic (exact) mass is 492 g/mol. The first kappa shape index (κ1) is 26.1. The fourth-order valence-electron chi connectivity index (χ4n) is 3.85. The third kappa shape index (κ3) is 6.12. The van der Waals surface area contributed by atoms with E-state index in [4.69, 9.17) is 9.84 Å². The van der Waals surface area contributed by atoms with Crippen LogP contribution in [0.1, 0.15) is 43.7 Å². The van der Waals surface area contributed by atoms with Crippen LogP contribution in [-0.2, 0) is 14.3 Å². The van der Waals surface area contributed by atoms with E-state index in [0.717, 1.165) is 36.1 Å². The van der Waals surface area contributed by atoms with E-state index in [2.05, 4.69) is 10.6 Å². The Balaban J connectivity index is 1.65. The number of alkyl carbamates (subject to hydrolysis) is 1. The molecule has 0 saturated heterocycles. The van der Waals surface area contributed by atoms with Gasteiger partial charge in [-0.25, -0.2) is 4.79 Å². The maximum atomic E-state index is 13.1. The zero-order chi connectivity index (χ0) is 25.8. The molecule has 7 nitrogen and oxygen atoms in total. The van der Waals surface area contributed by atoms with Crippen molar-refractivity contribution in [3.8, 4) is 11.1 Å². The minimum atomic E-state index is -4.56. The number of rotatable bonds is 9. The number of ether oxygens (including phenoxy) is 1. The molecular formula is C25H27F3N2O5. The van der Waals surface area contributed by atoms with E-state index in [1.165, 1.54) is 0 Å². The molecule has 10 heteroatoms. The largest absolute Gasteiger partial charge is 0.481 e. The number of benzene rings is 2. The maximum Gasteiger partial charge on any atom is 0.407 e. The molecule has 0 fully saturated rings. The number of hydrogen-bond donors (Lipinski definition) is 3. The number of fused-ring (bicyclic) bond motifs is 3. The van der Waals surface area contributed by atoms with Crippen molar-refractivity contribution < 1.29 is 37.4 Å². The molecular weight excluding hydrogens is 465 g/mol. The molecule has 3 N–H and O–H groups in total. The SMILES string of the molecule is CC(C)(CNC(=O)C(CCC(=O)O)NC(=O)OCC1c2ccccc2-c2ccccc21)C(F)(F)F. The molecule has 2 aromatic rings. The molecule has 1 atom stereocenters. The van der Waals surface area contributed by atoms with Gasteiger partial charge < -0.3 is 20.5 Å². The van der Waals surface area contributed by atoms with Gasteiger partial charge in [-0.05, 0) is 42.5 Å². The summed E-state index contributed by atoms with van der Waals surface area (Å²) >= 11 is 0. The summed E-state index contributed by atoms with van der Waals surface area (Å²) in [5.74, 6) is -2.36. The van der Waals surface area contributed by atoms with E-state index >= 15 is 0 Å². The summed E-state index contributed by atoms with van der Waals surface area (Å²) in [5.41, 5.74) is 1.82. The van der Waals surface area contributed by atoms with Crippen molar-refractivity contribution in [2.45, 2.75) is 44.8 Å². The minimum Gasteiger partial charge on any atom is -0.481 e. The fraction of sp³-hybridized carbons (Fsp3) is 0.400. The summed E-state index contributed by atoms with van der Waals surface area (Å²) in [4.78, 5) is 36.0. The van der Waals surface area contributed by atoms with E-state index in [1.807, 2.05) is 48.5 Å². The first-order valence-electron chi connectivity index (χ1n) is 11.1. The summed E-state index contributed by atoms with van der Waals surface area (Å²) < 4.78 is 44.6. The second-order valence-electron chi connectivity index (χ2n) is 9.05. The molecule has 0 bridgehead atoms. The van der Waals surface area contributed by atoms with E-state index in [1.54, 1.807) is 0 Å². The van der Waals surface area contributed by atoms with Gasteiger partial charge in [-0.2, -0.15) is 13.2 Å². The van der Waals surface area contributed by atoms with Crippen LogP contribution in [0.25, 0.3) is 11.1 Å². The Morgan fingerprint density at radius 2 is 1.54 bits per heavy atom. The number of alkyl halides is 3. The lowest BCUT2D eigenvalue weighted by Crippen LogP contribution is -2.51. The highest BCUT2D eigenvalue weighted by atomic mass is 19.4. The molecule has 0 heterocycles. The maximum absolute atomic E-state index is 13.1. The molecule has 1 aliphatic rings. The molecule has 2 aromatic carbocycles. The Morgan fingerprint density at radius 1 is 1.00 bits per heavy atom. The molecule has 35 heavy (non-hydrogen) atoms. The molecule has 3 rings (SSSR count). The van der Waals surface area contributed by atoms with Crippen molar-refractivity contribution in [2.75, 3.05) is 13.2 Å². The highest BCUT2D eigenvalue weighted by Crippen LogP contribution is 2.44. The molecule has 188 valence electrons. The van der Waals surface area contributed by atoms with Gasteiger partial charge in [0.25, 0.3) is 0 Å². The van der Waals surface area contributed by atoms with Gasteiger partial charge in [0.2, 0.25) is 5.91 Å². The Labute approximate surface area is 200 Å². The Morgan fingerprint density at radius 3 is 2.06 bits per heavy atom. The van der Waals surface area contributed by atoms with Crippen LogP contribution in [0.2, 0.25) is 0 Å². The Kier molecular flexibility index (Phi) is 7.72. The number of hydrogen-bond acceptors (Lipinski definition) is 4. The number of nitrogens with one attached hydrogen (secondary N) is 2. The molecule has 2 amide bonds. The molecule has 0 aromatic heterocycles. The average molecular weight is 492 g/mol. The predicted molar refractivity (Wildman–Crippen MR) is 122 cm³/mol. The van der Waals surface area contributed by atoms with Gasteiger partial charge in [0.15, 0.2) is 0 Å². The van der Waals surface area contributed by atoms with Crippen LogP contribution in [0.15, 0.2) is 48.5 Å². The van der Waals surface area contributed by atoms with Crippen LogP contribution in [0.4, 0.5) is 18.0 Å². The molecule has 0 saturated carbocycles. The van der Waals surface area contributed by atoms with E-state index in [-0.39, 0.29) is 18.9 Å². The van der Waals surface area contributed by atoms with Gasteiger partial charge in [0.05, 0.1) is 5.41 Å². The number of halogens is 3. The topological polar surface area (TPSA) is 105 Å². The zero-order valence-corrected chi connectivity index (χ0v) is 19.3. The van der Waals surface area contributed by atoms with Gasteiger partial charge in [-0.15, -0.1) is 0 Å². The minimum absolute atomic E-state index is 0.0335. The van der Waals surface area contributed by atoms with Crippen molar-refractivity contribution in [2.24, 2.45) is 5.41 Å². The van der Waals surface area contributed by atoms with Gasteiger partial charge in [-0.1, -0.05) is 48.5 Å². The summed E-state index contributed by atoms with van der Waals surface area (Å²) in [6, 6.07) is 14.0. The van der Waals surface area contributed by atoms with Crippen LogP contribution >= 0.6 is 0 Å². The number of carbonyl (C=O) groups is 3. The first-order valence-corrected chi connectivity index (χ1v) is 11.1. The van der Waals surface area contributed by atoms with E-state index in [9.17, 15) is 27.6 Å². The highest BCUT2D eigenvalue weighted by Gasteiger charge is 2.47. The number of carboxylic acid groups (broad SMARTS) is 1. The first-order chi connectivity index (χ1) is 16.4. The summed E-state index contributed by atoms with van der Waals surface area (Å²) in [7, 11) is 0. The molecule has 1 aliphatic carbocycles. The summed E-state index contributed by atoms with van der Waals surface area (Å²) in [6.07, 6.45) is -6.30. The fourth-order valence-corrected chi connectivity index (χ4v) is 3.85. The van der Waals surface area contributed by atoms with Gasteiger partial charge >= 0.3 is 18.2 Å². The summed E-state index contributed by atoms with van der Waals surface area (Å²) in [6.45, 7) is 1.09. The number of amides is 2. The zero-order valence-electron chi connectivity index (χ0n) is 19.3. The highest BCUT2D eigenvalue weighted by molar-refractivity contribution is 5.86. The standard InChI is InChI=1S/C25H27F3N2O5/c1-24(2,25(26,27)28)14-29-22(33)20(11-12-21(31)32)30-23(34)35-13-19-17-9-5-3-7-15(17)16-8-4-6-10-18(16)19/h3-10,19-20H,11-14H2,1-2H3,(H,29,33)(H,30,34)(H,31,32). The second-order valence-corrected chi connectivity index (χ2v) is 9.05. The van der Waals surface area contributed by atoms with Crippen molar-refractivity contribution >= 4 is 18.0 Å². The van der Waals surface area contributed by atoms with Crippen LogP contribution in [-0.4, -0.2) is 48.4 Å². The lowest BCUT2D eigenvalue weighted by Gasteiger charge is -2.28.